The van der Waals surface area contributed by atoms with Gasteiger partial charge in [0.25, 0.3) is 0 Å². The summed E-state index contributed by atoms with van der Waals surface area (Å²) >= 11 is 0. The largest absolute Gasteiger partial charge is 0.397 e. The molecule has 4 aliphatic heterocycles. The Balaban J connectivity index is 1.41. The SMILES string of the molecule is O=S(=O)(O)OC[C@H]1O[C@H](OCCCCCCCCn2cc(-c3cccc4ccccc34)nn2)[C@@H](O[C@H]2O[C@H](COS(=O)(=O)O)[C@@H](OS(=O)(=O)O)[C@H](O[C@H]3O[C@H](COS(=O)(=O)O)[C@@H](OS(=O)(=O)O)[C@H](O[C@H]4O[C@H](COS(=O)(=O)O)[C@@H](OS(=O)(=O)O)[C@H](OS(=O)(=O)O)[C@@H]4OS(=O)(=O)O)[C@@H]3OS(=O)(=O)O)[C@@H]2OS(=O)(=O)O)[C@@H](OS(=O)(=O)O)[C@@H]1OS(=O)(=O)O. The standard InChI is InChI=1S/C44H65N3O60S13/c48-108(49,50)88-17-25-29(99-112(60,61)62)33(97-44-40(107-120(84,85)86)36(104-117(75,76)77)32(102-115(69,70)71)28(95-44)20-91-111(57,58)59)38(105-118(78,79)80)42(93-25)96-34-30(100-113(63,64)65)26(18-89-109(51,52)53)94-43(39(34)106-119(81,82)83)98-37-35(103-116(72,73)74)31(101-114(66,67)68)27(19-90-110(54,55)56)92-41(37)87-15-8-4-2-1-3-7-14-47-16-24(45-46-47)23-13-9-11-21-10-5-6-12-22(21)23/h5-6,9-13,16,25-44H,1-4,7-8,14-15,17-20H2,(H,48,49,50)(H,51,52,53)(H,54,55,56)(H,57,58,59)(H,60,61,62)(H,63,64,65)(H,66,67,68)(H,69,70,71)(H,72,73,74)(H,75,76,77)(H,78,79,80)(H,81,82,83)(H,84,85,86)/t25-,26-,27-,28-,29-,30-,31-,32-,33+,34+,35+,36+,37+,38+,39+,40+,41+,42-,43-,44-/m1/s1. The van der Waals surface area contributed by atoms with Crippen LogP contribution in [0.25, 0.3) is 22.0 Å². The summed E-state index contributed by atoms with van der Waals surface area (Å²) in [7, 11) is -83.8. The molecule has 0 radical (unpaired) electrons. The van der Waals surface area contributed by atoms with Crippen molar-refractivity contribution >= 4 is 146 Å². The summed E-state index contributed by atoms with van der Waals surface area (Å²) in [6, 6.07) is 12.9. The van der Waals surface area contributed by atoms with Crippen LogP contribution in [0.4, 0.5) is 0 Å². The van der Waals surface area contributed by atoms with E-state index in [0.717, 1.165) is 16.3 Å². The number of unbranched alkanes of at least 4 members (excludes halogenated alkanes) is 5. The molecule has 0 amide bonds. The van der Waals surface area contributed by atoms with Crippen LogP contribution in [0.5, 0.6) is 0 Å². The van der Waals surface area contributed by atoms with Crippen molar-refractivity contribution in [1.29, 1.82) is 0 Å². The van der Waals surface area contributed by atoms with Gasteiger partial charge in [-0.15, -0.1) is 5.10 Å². The number of benzene rings is 2. The van der Waals surface area contributed by atoms with Crippen molar-refractivity contribution in [1.82, 2.24) is 15.0 Å². The Bertz CT molecular complexity index is 5620. The van der Waals surface area contributed by atoms with E-state index in [9.17, 15) is 169 Å². The summed E-state index contributed by atoms with van der Waals surface area (Å²) in [5.74, 6) is 0. The zero-order valence-corrected chi connectivity index (χ0v) is 68.9. The fourth-order valence-electron chi connectivity index (χ4n) is 11.6. The second-order valence-corrected chi connectivity index (χ2v) is 37.9. The third kappa shape index (κ3) is 35.2. The van der Waals surface area contributed by atoms with Crippen molar-refractivity contribution in [2.75, 3.05) is 33.0 Å². The summed E-state index contributed by atoms with van der Waals surface area (Å²) in [6.07, 6.45) is -68.8. The number of aromatic nitrogens is 3. The van der Waals surface area contributed by atoms with Crippen molar-refractivity contribution < 1.29 is 261 Å². The molecular weight excluding hydrogens is 1950 g/mol. The van der Waals surface area contributed by atoms with Gasteiger partial charge in [0, 0.05) is 18.7 Å². The van der Waals surface area contributed by atoms with Crippen LogP contribution >= 0.6 is 0 Å². The van der Waals surface area contributed by atoms with Gasteiger partial charge in [-0.1, -0.05) is 73.4 Å². The third-order valence-electron chi connectivity index (χ3n) is 15.5. The molecule has 0 bridgehead atoms. The highest BCUT2D eigenvalue weighted by Gasteiger charge is 2.63. The first-order valence-electron chi connectivity index (χ1n) is 31.5. The molecule has 120 heavy (non-hydrogen) atoms. The monoisotopic (exact) mass is 2010 g/mol. The molecule has 13 N–H and O–H groups in total. The number of nitrogens with zero attached hydrogens (tertiary/aromatic N) is 3. The van der Waals surface area contributed by atoms with Crippen LogP contribution in [0.3, 0.4) is 0 Å². The summed E-state index contributed by atoms with van der Waals surface area (Å²) in [6.45, 7) is -9.40. The minimum atomic E-state index is -6.88. The fourth-order valence-corrected chi connectivity index (χ4v) is 17.3. The molecule has 0 saturated carbocycles. The average Bonchev–Trinajstić information content (AvgIpc) is 0.911. The van der Waals surface area contributed by atoms with Crippen LogP contribution in [-0.2, 0) is 234 Å². The molecule has 63 nitrogen and oxygen atoms in total. The Morgan fingerprint density at radius 3 is 0.942 bits per heavy atom. The maximum atomic E-state index is 13.3. The first-order valence-corrected chi connectivity index (χ1v) is 49.2. The van der Waals surface area contributed by atoms with Crippen molar-refractivity contribution in [3.8, 4) is 11.3 Å². The van der Waals surface area contributed by atoms with E-state index in [1.807, 2.05) is 42.5 Å². The fraction of sp³-hybridized carbons (Fsp3) is 0.727. The molecule has 20 atom stereocenters. The Morgan fingerprint density at radius 1 is 0.300 bits per heavy atom. The number of hydrogen-bond donors (Lipinski definition) is 13. The predicted octanol–water partition coefficient (Wildman–Crippen LogP) is -6.52. The Labute approximate surface area is 678 Å². The van der Waals surface area contributed by atoms with Gasteiger partial charge in [0.05, 0.1) is 32.6 Å². The maximum Gasteiger partial charge on any atom is 0.397 e. The molecule has 7 rings (SSSR count). The molecule has 5 heterocycles. The van der Waals surface area contributed by atoms with Gasteiger partial charge in [0.2, 0.25) is 0 Å². The van der Waals surface area contributed by atoms with E-state index in [4.69, 9.17) is 37.9 Å². The van der Waals surface area contributed by atoms with Crippen molar-refractivity contribution in [2.24, 2.45) is 0 Å². The van der Waals surface area contributed by atoms with Crippen molar-refractivity contribution in [3.63, 3.8) is 0 Å². The normalized spacial score (nSPS) is 29.1. The highest BCUT2D eigenvalue weighted by molar-refractivity contribution is 7.83. The average molecular weight is 2010 g/mol. The first kappa shape index (κ1) is 103. The molecule has 4 saturated heterocycles. The van der Waals surface area contributed by atoms with Gasteiger partial charge in [-0.2, -0.15) is 109 Å². The number of hydrogen-bond acceptors (Lipinski definition) is 49. The molecule has 4 aliphatic rings. The van der Waals surface area contributed by atoms with Crippen LogP contribution in [-0.4, -0.2) is 339 Å². The number of rotatable bonds is 47. The van der Waals surface area contributed by atoms with E-state index in [2.05, 4.69) is 64.7 Å². The van der Waals surface area contributed by atoms with Crippen molar-refractivity contribution in [2.45, 2.75) is 168 Å². The Morgan fingerprint density at radius 2 is 0.583 bits per heavy atom. The summed E-state index contributed by atoms with van der Waals surface area (Å²) < 4.78 is 558. The summed E-state index contributed by atoms with van der Waals surface area (Å²) in [5.41, 5.74) is 1.31. The lowest BCUT2D eigenvalue weighted by atomic mass is 9.95. The van der Waals surface area contributed by atoms with Crippen LogP contribution in [0.1, 0.15) is 38.5 Å². The summed E-state index contributed by atoms with van der Waals surface area (Å²) in [5, 5.41) is 10.2. The van der Waals surface area contributed by atoms with Gasteiger partial charge in [-0.05, 0) is 23.6 Å². The molecule has 0 aliphatic carbocycles. The number of fused-ring (bicyclic) bond motifs is 1. The second kappa shape index (κ2) is 40.4. The van der Waals surface area contributed by atoms with Gasteiger partial charge >= 0.3 is 135 Å². The van der Waals surface area contributed by atoms with Crippen LogP contribution in [0.15, 0.2) is 48.7 Å². The Kier molecular flexibility index (Phi) is 34.7. The van der Waals surface area contributed by atoms with E-state index in [1.165, 1.54) is 0 Å². The van der Waals surface area contributed by atoms with Gasteiger partial charge in [-0.25, -0.2) is 54.4 Å². The molecule has 1 aromatic heterocycles. The van der Waals surface area contributed by atoms with E-state index in [0.29, 0.717) is 31.5 Å². The molecular formula is C44H65N3O60S13. The molecule has 0 unspecified atom stereocenters. The quantitative estimate of drug-likeness (QED) is 0.0185. The van der Waals surface area contributed by atoms with Gasteiger partial charge in [-0.3, -0.25) is 63.9 Å². The molecule has 3 aromatic rings. The lowest BCUT2D eigenvalue weighted by Crippen LogP contribution is -2.70. The summed E-state index contributed by atoms with van der Waals surface area (Å²) in [4.78, 5) is 0. The number of ether oxygens (including phenoxy) is 8. The zero-order valence-electron chi connectivity index (χ0n) is 58.3. The maximum absolute atomic E-state index is 13.3. The topological polar surface area (TPSA) is 931 Å². The molecule has 4 fully saturated rings. The highest BCUT2D eigenvalue weighted by Crippen LogP contribution is 2.42. The molecule has 0 spiro atoms. The van der Waals surface area contributed by atoms with E-state index >= 15 is 0 Å². The smallest absolute Gasteiger partial charge is 0.350 e. The minimum absolute atomic E-state index is 0.0542. The van der Waals surface area contributed by atoms with Crippen LogP contribution in [0, 0.1) is 0 Å². The predicted molar refractivity (Wildman–Crippen MR) is 364 cm³/mol. The third-order valence-corrected chi connectivity index (χ3v) is 21.5. The second-order valence-electron chi connectivity index (χ2n) is 24.1. The van der Waals surface area contributed by atoms with Gasteiger partial charge in [0.15, 0.2) is 43.5 Å². The lowest BCUT2D eigenvalue weighted by Gasteiger charge is -2.51. The molecule has 694 valence electrons. The van der Waals surface area contributed by atoms with Crippen molar-refractivity contribution in [3.05, 3.63) is 48.7 Å². The van der Waals surface area contributed by atoms with Crippen LogP contribution in [0.2, 0.25) is 0 Å². The van der Waals surface area contributed by atoms with E-state index < -0.39 is 291 Å². The zero-order chi connectivity index (χ0) is 90.3. The Hall–Kier alpha value is -4.17. The lowest BCUT2D eigenvalue weighted by molar-refractivity contribution is -0.383. The minimum Gasteiger partial charge on any atom is -0.350 e. The van der Waals surface area contributed by atoms with Gasteiger partial charge in [0.1, 0.15) is 85.0 Å². The van der Waals surface area contributed by atoms with Crippen LogP contribution < -0.4 is 0 Å². The first-order chi connectivity index (χ1) is 54.5. The molecule has 2 aromatic carbocycles. The van der Waals surface area contributed by atoms with E-state index in [-0.39, 0.29) is 19.3 Å². The number of aryl methyl sites for hydroxylation is 1. The van der Waals surface area contributed by atoms with E-state index in [1.54, 1.807) is 10.9 Å². The highest BCUT2D eigenvalue weighted by atomic mass is 32.3. The molecule has 76 heteroatoms. The van der Waals surface area contributed by atoms with Gasteiger partial charge < -0.3 is 37.9 Å².